The summed E-state index contributed by atoms with van der Waals surface area (Å²) >= 11 is 6.76. The molecule has 2 aromatic carbocycles. The van der Waals surface area contributed by atoms with E-state index in [2.05, 4.69) is 27.2 Å². The fourth-order valence-corrected chi connectivity index (χ4v) is 4.94. The van der Waals surface area contributed by atoms with Crippen molar-refractivity contribution in [3.05, 3.63) is 70.2 Å². The second-order valence-corrected chi connectivity index (χ2v) is 9.52. The van der Waals surface area contributed by atoms with Crippen molar-refractivity contribution < 1.29 is 13.2 Å². The second-order valence-electron chi connectivity index (χ2n) is 6.25. The van der Waals surface area contributed by atoms with Gasteiger partial charge in [-0.1, -0.05) is 66.3 Å². The zero-order valence-electron chi connectivity index (χ0n) is 15.7. The Bertz CT molecular complexity index is 1110. The molecule has 0 spiro atoms. The predicted molar refractivity (Wildman–Crippen MR) is 114 cm³/mol. The average Bonchev–Trinajstić information content (AvgIpc) is 3.17. The van der Waals surface area contributed by atoms with E-state index in [9.17, 15) is 13.2 Å². The van der Waals surface area contributed by atoms with Gasteiger partial charge >= 0.3 is 0 Å². The highest BCUT2D eigenvalue weighted by atomic mass is 35.5. The Balaban J connectivity index is 1.71. The Morgan fingerprint density at radius 2 is 1.83 bits per heavy atom. The van der Waals surface area contributed by atoms with E-state index in [1.807, 2.05) is 24.3 Å². The smallest absolute Gasteiger partial charge is 0.270 e. The van der Waals surface area contributed by atoms with Crippen LogP contribution in [0.15, 0.2) is 52.9 Å². The summed E-state index contributed by atoms with van der Waals surface area (Å²) in [6.45, 7) is 3.80. The molecule has 29 heavy (non-hydrogen) atoms. The summed E-state index contributed by atoms with van der Waals surface area (Å²) in [7, 11) is -3.89. The van der Waals surface area contributed by atoms with Crippen LogP contribution in [0.5, 0.6) is 0 Å². The molecule has 10 heteroatoms. The molecule has 2 N–H and O–H groups in total. The number of aromatic nitrogens is 2. The molecule has 0 saturated heterocycles. The third-order valence-corrected chi connectivity index (χ3v) is 7.27. The van der Waals surface area contributed by atoms with Crippen LogP contribution in [0, 0.1) is 0 Å². The topological polar surface area (TPSA) is 101 Å². The van der Waals surface area contributed by atoms with E-state index in [4.69, 9.17) is 11.6 Å². The van der Waals surface area contributed by atoms with Crippen LogP contribution in [0.3, 0.4) is 0 Å². The minimum Gasteiger partial charge on any atom is -0.296 e. The van der Waals surface area contributed by atoms with Crippen molar-refractivity contribution in [1.82, 2.24) is 14.9 Å². The maximum absolute atomic E-state index is 12.6. The van der Waals surface area contributed by atoms with Crippen molar-refractivity contribution in [1.29, 1.82) is 0 Å². The normalized spacial score (nSPS) is 12.5. The van der Waals surface area contributed by atoms with Crippen molar-refractivity contribution >= 4 is 44.0 Å². The minimum atomic E-state index is -3.89. The summed E-state index contributed by atoms with van der Waals surface area (Å²) in [5.41, 5.74) is 2.27. The van der Waals surface area contributed by atoms with E-state index in [1.54, 1.807) is 31.2 Å². The zero-order chi connectivity index (χ0) is 21.0. The van der Waals surface area contributed by atoms with Crippen molar-refractivity contribution in [2.75, 3.05) is 5.32 Å². The molecule has 0 aliphatic heterocycles. The average molecular weight is 451 g/mol. The van der Waals surface area contributed by atoms with Crippen LogP contribution in [-0.2, 0) is 16.4 Å². The Kier molecular flexibility index (Phi) is 6.63. The van der Waals surface area contributed by atoms with E-state index in [-0.39, 0.29) is 20.1 Å². The number of anilines is 1. The molecular weight excluding hydrogens is 432 g/mol. The van der Waals surface area contributed by atoms with Crippen LogP contribution in [-0.4, -0.2) is 24.5 Å². The van der Waals surface area contributed by atoms with Gasteiger partial charge in [0.15, 0.2) is 0 Å². The van der Waals surface area contributed by atoms with Crippen LogP contribution in [0.4, 0.5) is 5.13 Å². The van der Waals surface area contributed by atoms with Crippen LogP contribution in [0.1, 0.15) is 41.4 Å². The van der Waals surface area contributed by atoms with E-state index in [0.717, 1.165) is 23.3 Å². The lowest BCUT2D eigenvalue weighted by molar-refractivity contribution is 0.102. The highest BCUT2D eigenvalue weighted by Gasteiger charge is 2.24. The predicted octanol–water partition coefficient (Wildman–Crippen LogP) is 4.05. The quantitative estimate of drug-likeness (QED) is 0.529. The first kappa shape index (κ1) is 21.4. The van der Waals surface area contributed by atoms with Gasteiger partial charge in [-0.15, -0.1) is 10.2 Å². The molecule has 1 amide bonds. The number of hydrogen-bond acceptors (Lipinski definition) is 6. The summed E-state index contributed by atoms with van der Waals surface area (Å²) in [6.07, 6.45) is 0.911. The van der Waals surface area contributed by atoms with Crippen molar-refractivity contribution in [3.8, 4) is 0 Å². The summed E-state index contributed by atoms with van der Waals surface area (Å²) < 4.78 is 27.6. The molecule has 152 valence electrons. The standard InChI is InChI=1S/C19H19ClN4O3S2/c1-3-13-8-10-14(11-9-13)12(2)24-29(26,27)19-23-22-18(28-19)21-17(25)15-6-4-5-7-16(15)20/h4-12,24H,3H2,1-2H3,(H,21,22,25). The number of nitrogens with one attached hydrogen (secondary N) is 2. The van der Waals surface area contributed by atoms with Gasteiger partial charge < -0.3 is 0 Å². The number of hydrogen-bond donors (Lipinski definition) is 2. The first-order valence-electron chi connectivity index (χ1n) is 8.80. The van der Waals surface area contributed by atoms with Gasteiger partial charge in [0.25, 0.3) is 15.9 Å². The van der Waals surface area contributed by atoms with E-state index >= 15 is 0 Å². The lowest BCUT2D eigenvalue weighted by atomic mass is 10.1. The highest BCUT2D eigenvalue weighted by Crippen LogP contribution is 2.24. The molecule has 0 radical (unpaired) electrons. The number of sulfonamides is 1. The van der Waals surface area contributed by atoms with Gasteiger partial charge in [-0.05, 0) is 36.6 Å². The first-order chi connectivity index (χ1) is 13.8. The molecule has 1 atom stereocenters. The van der Waals surface area contributed by atoms with Gasteiger partial charge in [-0.25, -0.2) is 13.1 Å². The van der Waals surface area contributed by atoms with Crippen molar-refractivity contribution in [2.24, 2.45) is 0 Å². The fraction of sp³-hybridized carbons (Fsp3) is 0.211. The van der Waals surface area contributed by atoms with Gasteiger partial charge in [0.2, 0.25) is 9.47 Å². The van der Waals surface area contributed by atoms with Gasteiger partial charge in [0.1, 0.15) is 0 Å². The molecule has 3 rings (SSSR count). The van der Waals surface area contributed by atoms with Crippen LogP contribution in [0.25, 0.3) is 0 Å². The maximum Gasteiger partial charge on any atom is 0.270 e. The highest BCUT2D eigenvalue weighted by molar-refractivity contribution is 7.91. The summed E-state index contributed by atoms with van der Waals surface area (Å²) in [5.74, 6) is -0.493. The number of benzene rings is 2. The molecule has 1 aromatic heterocycles. The molecular formula is C19H19ClN4O3S2. The Hall–Kier alpha value is -2.33. The molecule has 7 nitrogen and oxygen atoms in total. The van der Waals surface area contributed by atoms with Gasteiger partial charge in [-0.2, -0.15) is 0 Å². The van der Waals surface area contributed by atoms with Crippen LogP contribution < -0.4 is 10.0 Å². The number of halogens is 1. The van der Waals surface area contributed by atoms with Crippen LogP contribution >= 0.6 is 22.9 Å². The lowest BCUT2D eigenvalue weighted by Crippen LogP contribution is -2.26. The second kappa shape index (κ2) is 9.00. The van der Waals surface area contributed by atoms with Gasteiger partial charge in [-0.3, -0.25) is 10.1 Å². The van der Waals surface area contributed by atoms with E-state index in [1.165, 1.54) is 5.56 Å². The third-order valence-electron chi connectivity index (χ3n) is 4.20. The van der Waals surface area contributed by atoms with Gasteiger partial charge in [0.05, 0.1) is 10.6 Å². The Morgan fingerprint density at radius 3 is 2.48 bits per heavy atom. The molecule has 1 heterocycles. The lowest BCUT2D eigenvalue weighted by Gasteiger charge is -2.13. The summed E-state index contributed by atoms with van der Waals surface area (Å²) in [4.78, 5) is 12.3. The largest absolute Gasteiger partial charge is 0.296 e. The Labute approximate surface area is 178 Å². The third kappa shape index (κ3) is 5.18. The molecule has 3 aromatic rings. The number of amides is 1. The monoisotopic (exact) mass is 450 g/mol. The number of rotatable bonds is 7. The molecule has 0 aliphatic rings. The van der Waals surface area contributed by atoms with Gasteiger partial charge in [0, 0.05) is 6.04 Å². The Morgan fingerprint density at radius 1 is 1.14 bits per heavy atom. The molecule has 0 bridgehead atoms. The molecule has 0 fully saturated rings. The molecule has 0 aliphatic carbocycles. The number of carbonyl (C=O) groups excluding carboxylic acids is 1. The van der Waals surface area contributed by atoms with Crippen LogP contribution in [0.2, 0.25) is 5.02 Å². The maximum atomic E-state index is 12.6. The minimum absolute atomic E-state index is 0.0650. The SMILES string of the molecule is CCc1ccc(C(C)NS(=O)(=O)c2nnc(NC(=O)c3ccccc3Cl)s2)cc1. The van der Waals surface area contributed by atoms with E-state index < -0.39 is 22.0 Å². The van der Waals surface area contributed by atoms with Crippen molar-refractivity contribution in [2.45, 2.75) is 30.6 Å². The fourth-order valence-electron chi connectivity index (χ4n) is 2.57. The summed E-state index contributed by atoms with van der Waals surface area (Å²) in [5, 5.41) is 10.3. The number of aryl methyl sites for hydroxylation is 1. The zero-order valence-corrected chi connectivity index (χ0v) is 18.1. The number of nitrogens with zero attached hydrogens (tertiary/aromatic N) is 2. The van der Waals surface area contributed by atoms with E-state index in [0.29, 0.717) is 0 Å². The first-order valence-corrected chi connectivity index (χ1v) is 11.5. The number of carbonyl (C=O) groups is 1. The molecule has 0 saturated carbocycles. The van der Waals surface area contributed by atoms with Crippen molar-refractivity contribution in [3.63, 3.8) is 0 Å². The summed E-state index contributed by atoms with van der Waals surface area (Å²) in [6, 6.07) is 13.8. The molecule has 1 unspecified atom stereocenters.